The molecule has 0 spiro atoms. The second-order valence-corrected chi connectivity index (χ2v) is 5.11. The van der Waals surface area contributed by atoms with Crippen molar-refractivity contribution in [2.45, 2.75) is 6.92 Å². The molecule has 0 amide bonds. The number of H-pyrrole nitrogens is 1. The standard InChI is InChI=1S/C16H13FN4S/c1-11(12-7-9-14(17)10-8-12)20-21-15(18-19-16(21)22)13-5-3-2-4-6-13/h2-10H,1H3,(H,19,22). The van der Waals surface area contributed by atoms with Gasteiger partial charge in [-0.2, -0.15) is 14.9 Å². The van der Waals surface area contributed by atoms with Gasteiger partial charge in [0, 0.05) is 5.56 Å². The molecule has 3 aromatic rings. The maximum absolute atomic E-state index is 13.0. The number of halogens is 1. The van der Waals surface area contributed by atoms with Crippen LogP contribution in [-0.2, 0) is 0 Å². The second kappa shape index (κ2) is 6.03. The summed E-state index contributed by atoms with van der Waals surface area (Å²) in [4.78, 5) is 0. The first-order valence-electron chi connectivity index (χ1n) is 6.69. The monoisotopic (exact) mass is 312 g/mol. The Labute approximate surface area is 131 Å². The summed E-state index contributed by atoms with van der Waals surface area (Å²) in [5.41, 5.74) is 2.45. The van der Waals surface area contributed by atoms with Crippen molar-refractivity contribution in [2.24, 2.45) is 5.10 Å². The van der Waals surface area contributed by atoms with Crippen LogP contribution in [0.25, 0.3) is 11.4 Å². The fourth-order valence-corrected chi connectivity index (χ4v) is 2.23. The number of hydrogen-bond acceptors (Lipinski definition) is 3. The second-order valence-electron chi connectivity index (χ2n) is 4.72. The summed E-state index contributed by atoms with van der Waals surface area (Å²) in [5.74, 6) is 0.355. The quantitative estimate of drug-likeness (QED) is 0.586. The highest BCUT2D eigenvalue weighted by Gasteiger charge is 2.08. The summed E-state index contributed by atoms with van der Waals surface area (Å²) in [6.07, 6.45) is 0. The van der Waals surface area contributed by atoms with Crippen molar-refractivity contribution in [2.75, 3.05) is 0 Å². The summed E-state index contributed by atoms with van der Waals surface area (Å²) in [5, 5.41) is 11.5. The smallest absolute Gasteiger partial charge is 0.216 e. The third-order valence-corrected chi connectivity index (χ3v) is 3.46. The van der Waals surface area contributed by atoms with E-state index in [4.69, 9.17) is 12.2 Å². The Morgan fingerprint density at radius 2 is 1.82 bits per heavy atom. The Bertz CT molecular complexity index is 863. The molecular weight excluding hydrogens is 299 g/mol. The fraction of sp³-hybridized carbons (Fsp3) is 0.0625. The van der Waals surface area contributed by atoms with Gasteiger partial charge in [-0.3, -0.25) is 0 Å². The van der Waals surface area contributed by atoms with E-state index >= 15 is 0 Å². The Morgan fingerprint density at radius 1 is 1.14 bits per heavy atom. The molecule has 0 aliphatic carbocycles. The van der Waals surface area contributed by atoms with E-state index in [0.717, 1.165) is 16.8 Å². The van der Waals surface area contributed by atoms with Crippen LogP contribution in [0.4, 0.5) is 4.39 Å². The molecule has 0 aliphatic heterocycles. The molecular formula is C16H13FN4S. The lowest BCUT2D eigenvalue weighted by Crippen LogP contribution is -2.01. The van der Waals surface area contributed by atoms with Crippen LogP contribution in [-0.4, -0.2) is 20.6 Å². The van der Waals surface area contributed by atoms with Crippen molar-refractivity contribution < 1.29 is 4.39 Å². The molecule has 6 heteroatoms. The van der Waals surface area contributed by atoms with E-state index in [1.165, 1.54) is 12.1 Å². The predicted molar refractivity (Wildman–Crippen MR) is 86.9 cm³/mol. The maximum Gasteiger partial charge on any atom is 0.216 e. The number of aromatic amines is 1. The van der Waals surface area contributed by atoms with Gasteiger partial charge in [-0.1, -0.05) is 42.5 Å². The first-order valence-corrected chi connectivity index (χ1v) is 7.10. The van der Waals surface area contributed by atoms with E-state index in [0.29, 0.717) is 10.6 Å². The summed E-state index contributed by atoms with van der Waals surface area (Å²) in [7, 11) is 0. The lowest BCUT2D eigenvalue weighted by atomic mass is 10.1. The average Bonchev–Trinajstić information content (AvgIpc) is 2.90. The largest absolute Gasteiger partial charge is 0.250 e. The third kappa shape index (κ3) is 2.87. The minimum Gasteiger partial charge on any atom is -0.250 e. The van der Waals surface area contributed by atoms with Crippen molar-refractivity contribution in [3.05, 3.63) is 70.7 Å². The van der Waals surface area contributed by atoms with Crippen LogP contribution < -0.4 is 0 Å². The average molecular weight is 312 g/mol. The number of nitrogens with zero attached hydrogens (tertiary/aromatic N) is 3. The molecule has 110 valence electrons. The molecule has 0 saturated carbocycles. The van der Waals surface area contributed by atoms with E-state index in [1.807, 2.05) is 37.3 Å². The maximum atomic E-state index is 13.0. The van der Waals surface area contributed by atoms with E-state index < -0.39 is 0 Å². The van der Waals surface area contributed by atoms with Gasteiger partial charge in [-0.15, -0.1) is 0 Å². The molecule has 0 saturated heterocycles. The zero-order chi connectivity index (χ0) is 15.5. The molecule has 4 nitrogen and oxygen atoms in total. The molecule has 0 fully saturated rings. The number of rotatable bonds is 3. The zero-order valence-corrected chi connectivity index (χ0v) is 12.6. The van der Waals surface area contributed by atoms with Crippen LogP contribution in [0.1, 0.15) is 12.5 Å². The van der Waals surface area contributed by atoms with Crippen molar-refractivity contribution in [3.63, 3.8) is 0 Å². The highest BCUT2D eigenvalue weighted by molar-refractivity contribution is 7.71. The molecule has 1 N–H and O–H groups in total. The highest BCUT2D eigenvalue weighted by Crippen LogP contribution is 2.17. The van der Waals surface area contributed by atoms with Gasteiger partial charge in [0.25, 0.3) is 0 Å². The minimum absolute atomic E-state index is 0.276. The summed E-state index contributed by atoms with van der Waals surface area (Å²) in [6, 6.07) is 15.8. The Hall–Kier alpha value is -2.60. The molecule has 0 unspecified atom stereocenters. The summed E-state index contributed by atoms with van der Waals surface area (Å²) >= 11 is 5.24. The SMILES string of the molecule is CC(=Nn1c(-c2ccccc2)n[nH]c1=S)c1ccc(F)cc1. The van der Waals surface area contributed by atoms with E-state index in [1.54, 1.807) is 16.8 Å². The lowest BCUT2D eigenvalue weighted by Gasteiger charge is -2.04. The number of benzene rings is 2. The first-order chi connectivity index (χ1) is 10.6. The highest BCUT2D eigenvalue weighted by atomic mass is 32.1. The fourth-order valence-electron chi connectivity index (χ4n) is 2.06. The first kappa shape index (κ1) is 14.3. The third-order valence-electron chi connectivity index (χ3n) is 3.19. The van der Waals surface area contributed by atoms with Gasteiger partial charge in [0.1, 0.15) is 5.82 Å². The van der Waals surface area contributed by atoms with Crippen LogP contribution in [0, 0.1) is 10.6 Å². The van der Waals surface area contributed by atoms with Crippen LogP contribution in [0.3, 0.4) is 0 Å². The van der Waals surface area contributed by atoms with Gasteiger partial charge in [0.15, 0.2) is 5.82 Å². The topological polar surface area (TPSA) is 46.0 Å². The summed E-state index contributed by atoms with van der Waals surface area (Å²) in [6.45, 7) is 1.84. The van der Waals surface area contributed by atoms with Gasteiger partial charge in [-0.05, 0) is 36.8 Å². The van der Waals surface area contributed by atoms with Crippen molar-refractivity contribution >= 4 is 17.9 Å². The molecule has 0 radical (unpaired) electrons. The van der Waals surface area contributed by atoms with Gasteiger partial charge in [0.05, 0.1) is 5.71 Å². The van der Waals surface area contributed by atoms with Gasteiger partial charge in [-0.25, -0.2) is 9.49 Å². The minimum atomic E-state index is -0.276. The van der Waals surface area contributed by atoms with Crippen molar-refractivity contribution in [1.29, 1.82) is 0 Å². The van der Waals surface area contributed by atoms with E-state index in [-0.39, 0.29) is 5.82 Å². The van der Waals surface area contributed by atoms with Crippen LogP contribution >= 0.6 is 12.2 Å². The van der Waals surface area contributed by atoms with Crippen molar-refractivity contribution in [1.82, 2.24) is 14.9 Å². The van der Waals surface area contributed by atoms with E-state index in [2.05, 4.69) is 15.3 Å². The normalized spacial score (nSPS) is 11.6. The van der Waals surface area contributed by atoms with E-state index in [9.17, 15) is 4.39 Å². The molecule has 0 atom stereocenters. The van der Waals surface area contributed by atoms with Crippen LogP contribution in [0.5, 0.6) is 0 Å². The molecule has 1 aromatic heterocycles. The van der Waals surface area contributed by atoms with Crippen LogP contribution in [0.15, 0.2) is 59.7 Å². The number of hydrogen-bond donors (Lipinski definition) is 1. The van der Waals surface area contributed by atoms with Gasteiger partial charge >= 0.3 is 0 Å². The predicted octanol–water partition coefficient (Wildman–Crippen LogP) is 4.02. The Kier molecular flexibility index (Phi) is 3.93. The molecule has 0 bridgehead atoms. The van der Waals surface area contributed by atoms with Gasteiger partial charge < -0.3 is 0 Å². The molecule has 22 heavy (non-hydrogen) atoms. The summed E-state index contributed by atoms with van der Waals surface area (Å²) < 4.78 is 15.0. The van der Waals surface area contributed by atoms with Crippen molar-refractivity contribution in [3.8, 4) is 11.4 Å². The van der Waals surface area contributed by atoms with Crippen LogP contribution in [0.2, 0.25) is 0 Å². The molecule has 2 aromatic carbocycles. The molecule has 0 aliphatic rings. The Balaban J connectivity index is 2.06. The molecule has 1 heterocycles. The molecule has 3 rings (SSSR count). The Morgan fingerprint density at radius 3 is 2.50 bits per heavy atom. The zero-order valence-electron chi connectivity index (χ0n) is 11.8. The number of aromatic nitrogens is 3. The lowest BCUT2D eigenvalue weighted by molar-refractivity contribution is 0.627. The van der Waals surface area contributed by atoms with Gasteiger partial charge in [0.2, 0.25) is 4.77 Å². The number of nitrogens with one attached hydrogen (secondary N) is 1.